The fourth-order valence-corrected chi connectivity index (χ4v) is 1.83. The van der Waals surface area contributed by atoms with Gasteiger partial charge in [0.2, 0.25) is 10.0 Å². The molecule has 1 heterocycles. The van der Waals surface area contributed by atoms with Crippen LogP contribution >= 0.6 is 0 Å². The molecule has 0 unspecified atom stereocenters. The Hall–Kier alpha value is -1.40. The van der Waals surface area contributed by atoms with Crippen molar-refractivity contribution >= 4 is 21.1 Å². The van der Waals surface area contributed by atoms with Crippen molar-refractivity contribution in [3.63, 3.8) is 0 Å². The van der Waals surface area contributed by atoms with Crippen molar-refractivity contribution in [1.29, 1.82) is 0 Å². The largest absolute Gasteiger partial charge is 0.334 e. The highest BCUT2D eigenvalue weighted by Gasteiger charge is 2.09. The minimum Gasteiger partial charge on any atom is -0.334 e. The molecule has 74 valence electrons. The first-order valence-corrected chi connectivity index (χ1v) is 5.47. The summed E-state index contributed by atoms with van der Waals surface area (Å²) in [6, 6.07) is 4.62. The third kappa shape index (κ3) is 1.38. The van der Waals surface area contributed by atoms with Gasteiger partial charge < -0.3 is 4.57 Å². The number of nitrogens with zero attached hydrogens (tertiary/aromatic N) is 2. The average molecular weight is 211 g/mol. The summed E-state index contributed by atoms with van der Waals surface area (Å²) in [5, 5.41) is 4.99. The summed E-state index contributed by atoms with van der Waals surface area (Å²) in [5.41, 5.74) is 1.50. The number of nitrogens with two attached hydrogens (primary N) is 1. The van der Waals surface area contributed by atoms with Crippen LogP contribution in [0.1, 0.15) is 0 Å². The molecule has 0 radical (unpaired) electrons. The van der Waals surface area contributed by atoms with Crippen molar-refractivity contribution in [2.45, 2.75) is 4.90 Å². The first-order chi connectivity index (χ1) is 6.48. The fourth-order valence-electron chi connectivity index (χ4n) is 1.29. The molecule has 0 saturated heterocycles. The SMILES string of the molecule is Cn1cnc2cc(S(N)(=O)=O)ccc21. The van der Waals surface area contributed by atoms with E-state index in [0.717, 1.165) is 5.52 Å². The highest BCUT2D eigenvalue weighted by atomic mass is 32.2. The Balaban J connectivity index is 2.76. The van der Waals surface area contributed by atoms with Crippen molar-refractivity contribution in [3.05, 3.63) is 24.5 Å². The van der Waals surface area contributed by atoms with E-state index < -0.39 is 10.0 Å². The van der Waals surface area contributed by atoms with Crippen LogP contribution in [0.2, 0.25) is 0 Å². The molecule has 0 saturated carbocycles. The number of primary sulfonamides is 1. The Kier molecular flexibility index (Phi) is 1.83. The zero-order valence-electron chi connectivity index (χ0n) is 7.51. The van der Waals surface area contributed by atoms with E-state index in [1.165, 1.54) is 12.1 Å². The first kappa shape index (κ1) is 9.17. The molecule has 2 N–H and O–H groups in total. The summed E-state index contributed by atoms with van der Waals surface area (Å²) in [4.78, 5) is 4.12. The zero-order valence-corrected chi connectivity index (χ0v) is 8.32. The standard InChI is InChI=1S/C8H9N3O2S/c1-11-5-10-7-4-6(14(9,12)13)2-3-8(7)11/h2-5H,1H3,(H2,9,12,13). The van der Waals surface area contributed by atoms with Gasteiger partial charge in [0.25, 0.3) is 0 Å². The lowest BCUT2D eigenvalue weighted by Crippen LogP contribution is -2.11. The quantitative estimate of drug-likeness (QED) is 0.733. The van der Waals surface area contributed by atoms with Crippen LogP contribution in [0.15, 0.2) is 29.4 Å². The molecular formula is C8H9N3O2S. The Morgan fingerprint density at radius 3 is 2.79 bits per heavy atom. The Bertz CT molecular complexity index is 586. The van der Waals surface area contributed by atoms with Gasteiger partial charge in [-0.25, -0.2) is 18.5 Å². The van der Waals surface area contributed by atoms with Gasteiger partial charge in [0, 0.05) is 7.05 Å². The second-order valence-corrected chi connectivity index (χ2v) is 4.61. The van der Waals surface area contributed by atoms with Crippen molar-refractivity contribution < 1.29 is 8.42 Å². The molecule has 2 aromatic rings. The monoisotopic (exact) mass is 211 g/mol. The third-order valence-corrected chi connectivity index (χ3v) is 2.94. The van der Waals surface area contributed by atoms with Gasteiger partial charge in [0.05, 0.1) is 22.3 Å². The van der Waals surface area contributed by atoms with Crippen LogP contribution in [0.5, 0.6) is 0 Å². The highest BCUT2D eigenvalue weighted by molar-refractivity contribution is 7.89. The molecule has 2 rings (SSSR count). The number of benzene rings is 1. The van der Waals surface area contributed by atoms with E-state index in [4.69, 9.17) is 5.14 Å². The summed E-state index contributed by atoms with van der Waals surface area (Å²) >= 11 is 0. The number of sulfonamides is 1. The molecule has 5 nitrogen and oxygen atoms in total. The molecule has 0 aliphatic rings. The molecule has 14 heavy (non-hydrogen) atoms. The van der Waals surface area contributed by atoms with Gasteiger partial charge in [-0.1, -0.05) is 0 Å². The van der Waals surface area contributed by atoms with Crippen molar-refractivity contribution in [2.24, 2.45) is 12.2 Å². The van der Waals surface area contributed by atoms with Crippen molar-refractivity contribution in [3.8, 4) is 0 Å². The van der Waals surface area contributed by atoms with Crippen LogP contribution < -0.4 is 5.14 Å². The lowest BCUT2D eigenvalue weighted by Gasteiger charge is -1.98. The van der Waals surface area contributed by atoms with E-state index in [2.05, 4.69) is 4.98 Å². The molecule has 6 heteroatoms. The summed E-state index contributed by atoms with van der Waals surface area (Å²) in [7, 11) is -1.80. The average Bonchev–Trinajstić information content (AvgIpc) is 2.46. The van der Waals surface area contributed by atoms with Crippen LogP contribution in [-0.4, -0.2) is 18.0 Å². The first-order valence-electron chi connectivity index (χ1n) is 3.92. The number of hydrogen-bond acceptors (Lipinski definition) is 3. The predicted octanol–water partition coefficient (Wildman–Crippen LogP) is 0.221. The second kappa shape index (κ2) is 2.79. The van der Waals surface area contributed by atoms with E-state index in [-0.39, 0.29) is 4.90 Å². The lowest BCUT2D eigenvalue weighted by atomic mass is 10.3. The third-order valence-electron chi connectivity index (χ3n) is 2.03. The van der Waals surface area contributed by atoms with E-state index >= 15 is 0 Å². The van der Waals surface area contributed by atoms with Gasteiger partial charge in [-0.15, -0.1) is 0 Å². The van der Waals surface area contributed by atoms with Crippen LogP contribution in [0.3, 0.4) is 0 Å². The molecule has 1 aromatic heterocycles. The number of imidazole rings is 1. The molecule has 0 atom stereocenters. The van der Waals surface area contributed by atoms with Crippen LogP contribution in [-0.2, 0) is 17.1 Å². The molecule has 0 bridgehead atoms. The molecule has 0 aliphatic carbocycles. The van der Waals surface area contributed by atoms with Gasteiger partial charge in [0.1, 0.15) is 0 Å². The summed E-state index contributed by atoms with van der Waals surface area (Å²) < 4.78 is 23.9. The van der Waals surface area contributed by atoms with Gasteiger partial charge in [-0.05, 0) is 18.2 Å². The van der Waals surface area contributed by atoms with Crippen molar-refractivity contribution in [1.82, 2.24) is 9.55 Å². The van der Waals surface area contributed by atoms with Crippen LogP contribution in [0.4, 0.5) is 0 Å². The van der Waals surface area contributed by atoms with E-state index in [0.29, 0.717) is 5.52 Å². The normalized spacial score (nSPS) is 12.1. The fraction of sp³-hybridized carbons (Fsp3) is 0.125. The number of aromatic nitrogens is 2. The lowest BCUT2D eigenvalue weighted by molar-refractivity contribution is 0.598. The summed E-state index contributed by atoms with van der Waals surface area (Å²) in [6.45, 7) is 0. The molecule has 0 amide bonds. The minimum atomic E-state index is -3.63. The molecular weight excluding hydrogens is 202 g/mol. The van der Waals surface area contributed by atoms with E-state index in [1.54, 1.807) is 12.4 Å². The smallest absolute Gasteiger partial charge is 0.238 e. The van der Waals surface area contributed by atoms with Crippen LogP contribution in [0.25, 0.3) is 11.0 Å². The second-order valence-electron chi connectivity index (χ2n) is 3.05. The minimum absolute atomic E-state index is 0.0868. The molecule has 0 fully saturated rings. The molecule has 0 aliphatic heterocycles. The number of hydrogen-bond donors (Lipinski definition) is 1. The maximum atomic E-state index is 11.0. The zero-order chi connectivity index (χ0) is 10.3. The van der Waals surface area contributed by atoms with Gasteiger partial charge in [-0.2, -0.15) is 0 Å². The molecule has 0 spiro atoms. The number of aryl methyl sites for hydroxylation is 1. The van der Waals surface area contributed by atoms with Crippen molar-refractivity contribution in [2.75, 3.05) is 0 Å². The maximum absolute atomic E-state index is 11.0. The summed E-state index contributed by atoms with van der Waals surface area (Å²) in [6.07, 6.45) is 1.62. The summed E-state index contributed by atoms with van der Waals surface area (Å²) in [5.74, 6) is 0. The molecule has 1 aromatic carbocycles. The van der Waals surface area contributed by atoms with Gasteiger partial charge >= 0.3 is 0 Å². The Morgan fingerprint density at radius 1 is 1.43 bits per heavy atom. The predicted molar refractivity (Wildman–Crippen MR) is 52.1 cm³/mol. The van der Waals surface area contributed by atoms with E-state index in [1.807, 2.05) is 11.6 Å². The van der Waals surface area contributed by atoms with Gasteiger partial charge in [-0.3, -0.25) is 0 Å². The number of fused-ring (bicyclic) bond motifs is 1. The Morgan fingerprint density at radius 2 is 2.14 bits per heavy atom. The maximum Gasteiger partial charge on any atom is 0.238 e. The highest BCUT2D eigenvalue weighted by Crippen LogP contribution is 2.16. The van der Waals surface area contributed by atoms with Crippen LogP contribution in [0, 0.1) is 0 Å². The topological polar surface area (TPSA) is 78.0 Å². The number of rotatable bonds is 1. The van der Waals surface area contributed by atoms with Gasteiger partial charge in [0.15, 0.2) is 0 Å². The Labute approximate surface area is 81.2 Å². The van der Waals surface area contributed by atoms with E-state index in [9.17, 15) is 8.42 Å².